The molecule has 1 rings (SSSR count). The molecule has 4 heteroatoms. The molecule has 0 aromatic heterocycles. The average Bonchev–Trinajstić information content (AvgIpc) is 2.71. The fourth-order valence-electron chi connectivity index (χ4n) is 1.80. The van der Waals surface area contributed by atoms with Crippen molar-refractivity contribution in [2.75, 3.05) is 6.54 Å². The molecule has 0 radical (unpaired) electrons. The minimum atomic E-state index is -0.106. The molecule has 0 aliphatic carbocycles. The van der Waals surface area contributed by atoms with E-state index in [0.717, 1.165) is 13.0 Å². The van der Waals surface area contributed by atoms with Gasteiger partial charge in [0, 0.05) is 30.9 Å². The number of carbonyl (C=O) groups excluding carboxylic acids is 1. The first kappa shape index (κ1) is 13.1. The van der Waals surface area contributed by atoms with Gasteiger partial charge < -0.3 is 15.5 Å². The van der Waals surface area contributed by atoms with Crippen molar-refractivity contribution in [3.63, 3.8) is 0 Å². The van der Waals surface area contributed by atoms with Crippen LogP contribution in [0.5, 0.6) is 0 Å². The van der Waals surface area contributed by atoms with E-state index in [0.29, 0.717) is 0 Å². The molecule has 1 saturated heterocycles. The molecule has 1 aliphatic rings. The number of nitrogens with zero attached hydrogens (tertiary/aromatic N) is 1. The molecule has 1 fully saturated rings. The molecule has 0 bridgehead atoms. The molecule has 1 atom stereocenters. The van der Waals surface area contributed by atoms with E-state index in [2.05, 4.69) is 28.7 Å². The molecule has 1 unspecified atom stereocenters. The Morgan fingerprint density at radius 3 is 2.82 bits per heavy atom. The molecular weight excluding hydrogens is 214 g/mol. The third-order valence-electron chi connectivity index (χ3n) is 2.59. The maximum Gasteiger partial charge on any atom is 0.245 e. The average molecular weight is 233 g/mol. The van der Waals surface area contributed by atoms with Crippen LogP contribution < -0.4 is 10.6 Å². The molecular formula is C13H19N3O. The summed E-state index contributed by atoms with van der Waals surface area (Å²) < 4.78 is 0. The minimum absolute atomic E-state index is 0.106. The van der Waals surface area contributed by atoms with E-state index in [1.54, 1.807) is 12.4 Å². The smallest absolute Gasteiger partial charge is 0.245 e. The van der Waals surface area contributed by atoms with Crippen LogP contribution in [0.4, 0.5) is 0 Å². The van der Waals surface area contributed by atoms with Gasteiger partial charge in [-0.05, 0) is 19.3 Å². The molecule has 1 amide bonds. The molecule has 4 nitrogen and oxygen atoms in total. The van der Waals surface area contributed by atoms with Gasteiger partial charge in [-0.1, -0.05) is 19.2 Å². The van der Waals surface area contributed by atoms with Crippen molar-refractivity contribution in [3.05, 3.63) is 49.6 Å². The second-order valence-electron chi connectivity index (χ2n) is 3.73. The Morgan fingerprint density at radius 1 is 1.53 bits per heavy atom. The molecule has 2 N–H and O–H groups in total. The van der Waals surface area contributed by atoms with Crippen molar-refractivity contribution in [1.29, 1.82) is 0 Å². The number of likely N-dealkylation sites (tertiary alicyclic amines) is 1. The van der Waals surface area contributed by atoms with E-state index in [4.69, 9.17) is 0 Å². The zero-order valence-electron chi connectivity index (χ0n) is 10.1. The highest BCUT2D eigenvalue weighted by molar-refractivity contribution is 5.87. The van der Waals surface area contributed by atoms with Gasteiger partial charge >= 0.3 is 0 Å². The van der Waals surface area contributed by atoms with Crippen LogP contribution in [0.15, 0.2) is 49.6 Å². The van der Waals surface area contributed by atoms with E-state index in [1.807, 2.05) is 13.0 Å². The summed E-state index contributed by atoms with van der Waals surface area (Å²) in [5.41, 5.74) is 1.19. The Labute approximate surface area is 102 Å². The highest BCUT2D eigenvalue weighted by Crippen LogP contribution is 2.21. The van der Waals surface area contributed by atoms with Gasteiger partial charge in [-0.3, -0.25) is 4.79 Å². The summed E-state index contributed by atoms with van der Waals surface area (Å²) in [5.74, 6) is -0.106. The maximum atomic E-state index is 11.5. The fraction of sp³-hybridized carbons (Fsp3) is 0.308. The number of amides is 1. The monoisotopic (exact) mass is 233 g/mol. The van der Waals surface area contributed by atoms with Crippen LogP contribution in [-0.4, -0.2) is 23.4 Å². The first-order valence-electron chi connectivity index (χ1n) is 5.59. The molecule has 0 aromatic rings. The van der Waals surface area contributed by atoms with Crippen LogP contribution in [0.1, 0.15) is 13.3 Å². The topological polar surface area (TPSA) is 44.4 Å². The number of hydrogen-bond donors (Lipinski definition) is 2. The van der Waals surface area contributed by atoms with Crippen LogP contribution >= 0.6 is 0 Å². The van der Waals surface area contributed by atoms with Crippen molar-refractivity contribution >= 4 is 5.91 Å². The summed E-state index contributed by atoms with van der Waals surface area (Å²) in [7, 11) is 0. The Hall–Kier alpha value is -1.97. The van der Waals surface area contributed by atoms with Crippen molar-refractivity contribution in [2.45, 2.75) is 19.4 Å². The van der Waals surface area contributed by atoms with Gasteiger partial charge in [0.05, 0.1) is 6.04 Å². The second-order valence-corrected chi connectivity index (χ2v) is 3.73. The third kappa shape index (κ3) is 3.83. The lowest BCUT2D eigenvalue weighted by Gasteiger charge is -2.13. The van der Waals surface area contributed by atoms with Crippen LogP contribution in [0.25, 0.3) is 0 Å². The SMILES string of the molecule is C=CN/C=C\C(=O)NC1C/C(=C/C)N(C=C)C1. The van der Waals surface area contributed by atoms with Gasteiger partial charge in [0.2, 0.25) is 5.91 Å². The normalized spacial score (nSPS) is 21.8. The summed E-state index contributed by atoms with van der Waals surface area (Å²) in [6.07, 6.45) is 9.19. The Bertz CT molecular complexity index is 358. The van der Waals surface area contributed by atoms with E-state index in [9.17, 15) is 4.79 Å². The van der Waals surface area contributed by atoms with Crippen molar-refractivity contribution in [1.82, 2.24) is 15.5 Å². The Morgan fingerprint density at radius 2 is 2.29 bits per heavy atom. The van der Waals surface area contributed by atoms with Gasteiger partial charge in [0.25, 0.3) is 0 Å². The van der Waals surface area contributed by atoms with E-state index >= 15 is 0 Å². The molecule has 1 heterocycles. The van der Waals surface area contributed by atoms with E-state index in [-0.39, 0.29) is 11.9 Å². The van der Waals surface area contributed by atoms with Gasteiger partial charge in [0.1, 0.15) is 0 Å². The van der Waals surface area contributed by atoms with Gasteiger partial charge in [-0.25, -0.2) is 0 Å². The predicted octanol–water partition coefficient (Wildman–Crippen LogP) is 1.47. The Kier molecular flexibility index (Phi) is 5.07. The summed E-state index contributed by atoms with van der Waals surface area (Å²) in [6, 6.07) is 0.139. The second kappa shape index (κ2) is 6.58. The molecule has 0 saturated carbocycles. The zero-order chi connectivity index (χ0) is 12.7. The lowest BCUT2D eigenvalue weighted by molar-refractivity contribution is -0.117. The lowest BCUT2D eigenvalue weighted by Crippen LogP contribution is -2.35. The van der Waals surface area contributed by atoms with Gasteiger partial charge in [-0.15, -0.1) is 0 Å². The number of hydrogen-bond acceptors (Lipinski definition) is 3. The van der Waals surface area contributed by atoms with E-state index < -0.39 is 0 Å². The summed E-state index contributed by atoms with van der Waals surface area (Å²) in [6.45, 7) is 10.0. The highest BCUT2D eigenvalue weighted by atomic mass is 16.1. The largest absolute Gasteiger partial charge is 0.368 e. The fourth-order valence-corrected chi connectivity index (χ4v) is 1.80. The Balaban J connectivity index is 2.46. The number of carbonyl (C=O) groups is 1. The number of rotatable bonds is 5. The van der Waals surface area contributed by atoms with Crippen molar-refractivity contribution in [2.24, 2.45) is 0 Å². The van der Waals surface area contributed by atoms with Gasteiger partial charge in [0.15, 0.2) is 0 Å². The lowest BCUT2D eigenvalue weighted by atomic mass is 10.2. The minimum Gasteiger partial charge on any atom is -0.368 e. The van der Waals surface area contributed by atoms with Crippen LogP contribution in [0.2, 0.25) is 0 Å². The maximum absolute atomic E-state index is 11.5. The van der Waals surface area contributed by atoms with Crippen molar-refractivity contribution in [3.8, 4) is 0 Å². The molecule has 1 aliphatic heterocycles. The first-order chi connectivity index (χ1) is 8.21. The van der Waals surface area contributed by atoms with Crippen molar-refractivity contribution < 1.29 is 4.79 Å². The number of allylic oxidation sites excluding steroid dienone is 1. The van der Waals surface area contributed by atoms with Crippen LogP contribution in [0.3, 0.4) is 0 Å². The molecule has 0 aromatic carbocycles. The predicted molar refractivity (Wildman–Crippen MR) is 69.7 cm³/mol. The van der Waals surface area contributed by atoms with Crippen LogP contribution in [-0.2, 0) is 4.79 Å². The summed E-state index contributed by atoms with van der Waals surface area (Å²) in [4.78, 5) is 13.6. The summed E-state index contributed by atoms with van der Waals surface area (Å²) >= 11 is 0. The third-order valence-corrected chi connectivity index (χ3v) is 2.59. The summed E-state index contributed by atoms with van der Waals surface area (Å²) in [5, 5.41) is 5.66. The zero-order valence-corrected chi connectivity index (χ0v) is 10.1. The molecule has 92 valence electrons. The highest BCUT2D eigenvalue weighted by Gasteiger charge is 2.24. The van der Waals surface area contributed by atoms with E-state index in [1.165, 1.54) is 18.0 Å². The molecule has 17 heavy (non-hydrogen) atoms. The standard InChI is InChI=1S/C13H19N3O/c1-4-12-9-11(10-16(12)6-3)15-13(17)7-8-14-5-2/h4-8,11,14H,2-3,9-10H2,1H3,(H,15,17)/b8-7-,12-4-. The van der Waals surface area contributed by atoms with Gasteiger partial charge in [-0.2, -0.15) is 0 Å². The first-order valence-corrected chi connectivity index (χ1v) is 5.59. The molecule has 0 spiro atoms. The number of nitrogens with one attached hydrogen (secondary N) is 2. The van der Waals surface area contributed by atoms with Crippen LogP contribution in [0, 0.1) is 0 Å². The quantitative estimate of drug-likeness (QED) is 0.707.